The van der Waals surface area contributed by atoms with E-state index < -0.39 is 11.2 Å². The number of nitrogens with zero attached hydrogens (tertiary/aromatic N) is 4. The zero-order valence-corrected chi connectivity index (χ0v) is 14.1. The number of fused-ring (bicyclic) bond motifs is 1. The molecule has 0 unspecified atom stereocenters. The van der Waals surface area contributed by atoms with Gasteiger partial charge in [-0.15, -0.1) is 11.3 Å². The third-order valence-electron chi connectivity index (χ3n) is 3.38. The van der Waals surface area contributed by atoms with E-state index in [1.165, 1.54) is 33.8 Å². The van der Waals surface area contributed by atoms with E-state index in [-0.39, 0.29) is 23.5 Å². The Balaban J connectivity index is 2.11. The fourth-order valence-corrected chi connectivity index (χ4v) is 3.53. The second-order valence-corrected chi connectivity index (χ2v) is 7.24. The highest BCUT2D eigenvalue weighted by Gasteiger charge is 2.17. The molecule has 3 heterocycles. The van der Waals surface area contributed by atoms with Gasteiger partial charge in [-0.3, -0.25) is 18.7 Å². The minimum atomic E-state index is -0.462. The van der Waals surface area contributed by atoms with Crippen LogP contribution in [-0.2, 0) is 20.6 Å². The Hall–Kier alpha value is -2.00. The van der Waals surface area contributed by atoms with Crippen molar-refractivity contribution in [3.05, 3.63) is 48.0 Å². The normalized spacial score (nSPS) is 11.2. The monoisotopic (exact) mass is 382 g/mol. The Kier molecular flexibility index (Phi) is 3.61. The molecule has 3 aromatic rings. The number of aryl methyl sites for hydroxylation is 1. The highest BCUT2D eigenvalue weighted by Crippen LogP contribution is 2.23. The number of aromatic nitrogens is 4. The van der Waals surface area contributed by atoms with Crippen LogP contribution in [0.25, 0.3) is 11.2 Å². The number of hydrogen-bond donors (Lipinski definition) is 0. The Bertz CT molecular complexity index is 1010. The number of hydrogen-bond acceptors (Lipinski definition) is 5. The van der Waals surface area contributed by atoms with Gasteiger partial charge in [-0.2, -0.15) is 0 Å². The van der Waals surface area contributed by atoms with E-state index in [1.54, 1.807) is 19.2 Å². The lowest BCUT2D eigenvalue weighted by Gasteiger charge is -2.05. The molecular weight excluding hydrogens is 372 g/mol. The molecule has 3 aromatic heterocycles. The van der Waals surface area contributed by atoms with Crippen molar-refractivity contribution in [2.24, 2.45) is 14.1 Å². The summed E-state index contributed by atoms with van der Waals surface area (Å²) in [5.74, 6) is -0.120. The summed E-state index contributed by atoms with van der Waals surface area (Å²) in [4.78, 5) is 41.1. The van der Waals surface area contributed by atoms with Gasteiger partial charge in [0.1, 0.15) is 0 Å². The van der Waals surface area contributed by atoms with Gasteiger partial charge >= 0.3 is 5.69 Å². The lowest BCUT2D eigenvalue weighted by molar-refractivity contribution is 0.0977. The molecule has 22 heavy (non-hydrogen) atoms. The standard InChI is InChI=1S/C13H11BrN4O3S/c1-16-11-10(12(20)17(2)13(16)21)18(6-15-11)5-7(19)8-3-4-9(14)22-8/h3-4,6H,5H2,1-2H3. The maximum atomic E-state index is 12.3. The quantitative estimate of drug-likeness (QED) is 0.636. The molecule has 9 heteroatoms. The Morgan fingerprint density at radius 3 is 2.64 bits per heavy atom. The maximum absolute atomic E-state index is 12.3. The van der Waals surface area contributed by atoms with Gasteiger partial charge in [-0.25, -0.2) is 9.78 Å². The molecule has 114 valence electrons. The average Bonchev–Trinajstić information content (AvgIpc) is 3.09. The third kappa shape index (κ3) is 2.26. The molecule has 0 spiro atoms. The van der Waals surface area contributed by atoms with Crippen molar-refractivity contribution in [3.8, 4) is 0 Å². The largest absolute Gasteiger partial charge is 0.332 e. The van der Waals surface area contributed by atoms with Gasteiger partial charge in [0, 0.05) is 14.1 Å². The molecular formula is C13H11BrN4O3S. The van der Waals surface area contributed by atoms with Crippen molar-refractivity contribution in [2.75, 3.05) is 0 Å². The van der Waals surface area contributed by atoms with E-state index in [0.29, 0.717) is 4.88 Å². The molecule has 0 fully saturated rings. The van der Waals surface area contributed by atoms with Crippen LogP contribution in [0.2, 0.25) is 0 Å². The third-order valence-corrected chi connectivity index (χ3v) is 5.04. The minimum Gasteiger partial charge on any atom is -0.317 e. The van der Waals surface area contributed by atoms with Gasteiger partial charge in [-0.1, -0.05) is 0 Å². The summed E-state index contributed by atoms with van der Waals surface area (Å²) in [5.41, 5.74) is -0.395. The predicted octanol–water partition coefficient (Wildman–Crippen LogP) is 1.14. The van der Waals surface area contributed by atoms with Crippen LogP contribution < -0.4 is 11.2 Å². The minimum absolute atomic E-state index is 0.00308. The van der Waals surface area contributed by atoms with Crippen LogP contribution in [0.3, 0.4) is 0 Å². The number of Topliss-reactive ketones (excluding diaryl/α,β-unsaturated/α-hetero) is 1. The van der Waals surface area contributed by atoms with E-state index in [9.17, 15) is 14.4 Å². The molecule has 7 nitrogen and oxygen atoms in total. The van der Waals surface area contributed by atoms with Gasteiger partial charge < -0.3 is 4.57 Å². The van der Waals surface area contributed by atoms with Gasteiger partial charge in [0.15, 0.2) is 16.9 Å². The maximum Gasteiger partial charge on any atom is 0.332 e. The Labute approximate surface area is 136 Å². The summed E-state index contributed by atoms with van der Waals surface area (Å²) in [7, 11) is 2.94. The average molecular weight is 383 g/mol. The number of halogens is 1. The first-order chi connectivity index (χ1) is 10.4. The number of thiophene rings is 1. The smallest absolute Gasteiger partial charge is 0.317 e. The van der Waals surface area contributed by atoms with Crippen molar-refractivity contribution in [1.82, 2.24) is 18.7 Å². The van der Waals surface area contributed by atoms with Crippen LogP contribution in [-0.4, -0.2) is 24.5 Å². The molecule has 0 N–H and O–H groups in total. The number of carbonyl (C=O) groups excluding carboxylic acids is 1. The first-order valence-electron chi connectivity index (χ1n) is 6.29. The SMILES string of the molecule is Cn1c(=O)c2c(ncn2CC(=O)c2ccc(Br)s2)n(C)c1=O. The summed E-state index contributed by atoms with van der Waals surface area (Å²) < 4.78 is 4.64. The molecule has 0 saturated carbocycles. The first kappa shape index (κ1) is 14.9. The lowest BCUT2D eigenvalue weighted by Crippen LogP contribution is -2.37. The van der Waals surface area contributed by atoms with Crippen LogP contribution in [0.1, 0.15) is 9.67 Å². The molecule has 0 aromatic carbocycles. The van der Waals surface area contributed by atoms with Crippen molar-refractivity contribution in [2.45, 2.75) is 6.54 Å². The van der Waals surface area contributed by atoms with Crippen LogP contribution >= 0.6 is 27.3 Å². The molecule has 0 aliphatic rings. The van der Waals surface area contributed by atoms with Gasteiger partial charge in [0.25, 0.3) is 5.56 Å². The number of imidazole rings is 1. The van der Waals surface area contributed by atoms with Crippen molar-refractivity contribution in [1.29, 1.82) is 0 Å². The van der Waals surface area contributed by atoms with Crippen molar-refractivity contribution >= 4 is 44.2 Å². The van der Waals surface area contributed by atoms with E-state index in [0.717, 1.165) is 8.35 Å². The number of rotatable bonds is 3. The van der Waals surface area contributed by atoms with Gasteiger partial charge in [-0.05, 0) is 28.1 Å². The van der Waals surface area contributed by atoms with Crippen LogP contribution in [0, 0.1) is 0 Å². The topological polar surface area (TPSA) is 78.9 Å². The molecule has 0 aliphatic carbocycles. The summed E-state index contributed by atoms with van der Waals surface area (Å²) >= 11 is 4.64. The van der Waals surface area contributed by atoms with E-state index in [4.69, 9.17) is 0 Å². The number of ketones is 1. The summed E-state index contributed by atoms with van der Waals surface area (Å²) in [6.45, 7) is -0.00308. The van der Waals surface area contributed by atoms with Crippen molar-refractivity contribution < 1.29 is 4.79 Å². The lowest BCUT2D eigenvalue weighted by atomic mass is 10.3. The predicted molar refractivity (Wildman–Crippen MR) is 86.6 cm³/mol. The summed E-state index contributed by atoms with van der Waals surface area (Å²) in [6, 6.07) is 3.52. The number of carbonyl (C=O) groups is 1. The van der Waals surface area contributed by atoms with Crippen LogP contribution in [0.4, 0.5) is 0 Å². The molecule has 0 bridgehead atoms. The van der Waals surface area contributed by atoms with E-state index in [1.807, 2.05) is 0 Å². The molecule has 3 rings (SSSR count). The van der Waals surface area contributed by atoms with Crippen LogP contribution in [0.15, 0.2) is 31.8 Å². The highest BCUT2D eigenvalue weighted by molar-refractivity contribution is 9.11. The zero-order valence-electron chi connectivity index (χ0n) is 11.7. The highest BCUT2D eigenvalue weighted by atomic mass is 79.9. The second-order valence-electron chi connectivity index (χ2n) is 4.78. The van der Waals surface area contributed by atoms with Gasteiger partial charge in [0.05, 0.1) is 21.5 Å². The molecule has 0 saturated heterocycles. The second kappa shape index (κ2) is 5.33. The molecule has 0 aliphatic heterocycles. The first-order valence-corrected chi connectivity index (χ1v) is 7.90. The van der Waals surface area contributed by atoms with Crippen LogP contribution in [0.5, 0.6) is 0 Å². The zero-order chi connectivity index (χ0) is 16.0. The fraction of sp³-hybridized carbons (Fsp3) is 0.231. The summed E-state index contributed by atoms with van der Waals surface area (Å²) in [6.07, 6.45) is 1.41. The Morgan fingerprint density at radius 2 is 2.00 bits per heavy atom. The fourth-order valence-electron chi connectivity index (χ4n) is 2.21. The van der Waals surface area contributed by atoms with E-state index in [2.05, 4.69) is 20.9 Å². The Morgan fingerprint density at radius 1 is 1.27 bits per heavy atom. The molecule has 0 atom stereocenters. The molecule has 0 amide bonds. The van der Waals surface area contributed by atoms with Crippen molar-refractivity contribution in [3.63, 3.8) is 0 Å². The summed E-state index contributed by atoms with van der Waals surface area (Å²) in [5, 5.41) is 0. The molecule has 0 radical (unpaired) electrons. The van der Waals surface area contributed by atoms with Gasteiger partial charge in [0.2, 0.25) is 0 Å². The van der Waals surface area contributed by atoms with E-state index >= 15 is 0 Å².